The van der Waals surface area contributed by atoms with Crippen LogP contribution in [0.2, 0.25) is 5.02 Å². The van der Waals surface area contributed by atoms with Crippen molar-refractivity contribution < 1.29 is 18.0 Å². The second-order valence-corrected chi connectivity index (χ2v) is 8.01. The van der Waals surface area contributed by atoms with E-state index in [1.165, 1.54) is 4.52 Å². The average Bonchev–Trinajstić information content (AvgIpc) is 3.16. The summed E-state index contributed by atoms with van der Waals surface area (Å²) in [7, 11) is 0. The Labute approximate surface area is 180 Å². The normalized spacial score (nSPS) is 14.1. The van der Waals surface area contributed by atoms with Crippen LogP contribution >= 0.6 is 11.6 Å². The second-order valence-electron chi connectivity index (χ2n) is 7.57. The van der Waals surface area contributed by atoms with E-state index in [2.05, 4.69) is 5.10 Å². The highest BCUT2D eigenvalue weighted by Gasteiger charge is 2.44. The summed E-state index contributed by atoms with van der Waals surface area (Å²) >= 11 is 5.99. The molecule has 0 bridgehead atoms. The van der Waals surface area contributed by atoms with E-state index in [4.69, 9.17) is 11.6 Å². The van der Waals surface area contributed by atoms with Gasteiger partial charge in [-0.2, -0.15) is 13.2 Å². The molecule has 0 atom stereocenters. The fraction of sp³-hybridized carbons (Fsp3) is 0.217. The van der Waals surface area contributed by atoms with Crippen LogP contribution in [0.25, 0.3) is 28.2 Å². The molecular weight excluding hydrogens is 427 g/mol. The quantitative estimate of drug-likeness (QED) is 0.353. The van der Waals surface area contributed by atoms with Crippen LogP contribution in [-0.4, -0.2) is 26.1 Å². The van der Waals surface area contributed by atoms with Gasteiger partial charge in [0.2, 0.25) is 0 Å². The highest BCUT2D eigenvalue weighted by molar-refractivity contribution is 6.30. The van der Waals surface area contributed by atoms with E-state index >= 15 is 0 Å². The van der Waals surface area contributed by atoms with Gasteiger partial charge in [-0.25, -0.2) is 4.52 Å². The van der Waals surface area contributed by atoms with Crippen molar-refractivity contribution in [3.05, 3.63) is 70.9 Å². The van der Waals surface area contributed by atoms with E-state index in [-0.39, 0.29) is 5.56 Å². The molecule has 1 aliphatic heterocycles. The van der Waals surface area contributed by atoms with Gasteiger partial charge in [-0.15, -0.1) is 5.10 Å². The largest absolute Gasteiger partial charge is 0.456 e. The molecule has 8 heteroatoms. The maximum atomic E-state index is 13.6. The Balaban J connectivity index is 1.88. The Bertz CT molecular complexity index is 1290. The van der Waals surface area contributed by atoms with Crippen LogP contribution < -0.4 is 0 Å². The molecule has 0 amide bonds. The number of benzene rings is 2. The molecule has 2 aromatic heterocycles. The molecule has 0 saturated carbocycles. The molecule has 5 rings (SSSR count). The Morgan fingerprint density at radius 1 is 0.968 bits per heavy atom. The van der Waals surface area contributed by atoms with Gasteiger partial charge in [-0.05, 0) is 37.0 Å². The van der Waals surface area contributed by atoms with E-state index in [1.807, 2.05) is 34.9 Å². The maximum Gasteiger partial charge on any atom is 0.456 e. The van der Waals surface area contributed by atoms with Crippen molar-refractivity contribution >= 4 is 23.0 Å². The fourth-order valence-electron chi connectivity index (χ4n) is 4.31. The van der Waals surface area contributed by atoms with Crippen LogP contribution in [0.4, 0.5) is 13.2 Å². The zero-order valence-electron chi connectivity index (χ0n) is 16.3. The van der Waals surface area contributed by atoms with Gasteiger partial charge < -0.3 is 4.57 Å². The van der Waals surface area contributed by atoms with Crippen LogP contribution in [-0.2, 0) is 13.0 Å². The van der Waals surface area contributed by atoms with Gasteiger partial charge in [0.1, 0.15) is 11.3 Å². The van der Waals surface area contributed by atoms with Crippen molar-refractivity contribution in [2.45, 2.75) is 32.0 Å². The van der Waals surface area contributed by atoms with E-state index < -0.39 is 17.7 Å². The highest BCUT2D eigenvalue weighted by Crippen LogP contribution is 2.40. The van der Waals surface area contributed by atoms with Crippen LogP contribution in [0.3, 0.4) is 0 Å². The van der Waals surface area contributed by atoms with Crippen LogP contribution in [0, 0.1) is 0 Å². The average molecular weight is 444 g/mol. The molecule has 31 heavy (non-hydrogen) atoms. The van der Waals surface area contributed by atoms with Crippen molar-refractivity contribution in [1.82, 2.24) is 14.2 Å². The number of hydrogen-bond acceptors (Lipinski definition) is 2. The van der Waals surface area contributed by atoms with Gasteiger partial charge in [-0.1, -0.05) is 54.1 Å². The number of ketones is 1. The molecule has 0 radical (unpaired) electrons. The van der Waals surface area contributed by atoms with Crippen LogP contribution in [0.5, 0.6) is 0 Å². The summed E-state index contributed by atoms with van der Waals surface area (Å²) in [4.78, 5) is 12.6. The first-order valence-corrected chi connectivity index (χ1v) is 10.3. The van der Waals surface area contributed by atoms with E-state index in [9.17, 15) is 18.0 Å². The number of carbonyl (C=O) groups is 1. The molecule has 158 valence electrons. The van der Waals surface area contributed by atoms with E-state index in [0.717, 1.165) is 18.4 Å². The third kappa shape index (κ3) is 3.24. The van der Waals surface area contributed by atoms with Gasteiger partial charge in [0.25, 0.3) is 5.78 Å². The Morgan fingerprint density at radius 2 is 1.68 bits per heavy atom. The standard InChI is InChI=1S/C23H17ClF3N3O/c24-16-11-9-14(10-12-16)18-17-8-4-5-13-29-21(15-6-2-1-3-7-15)28-30(22(17)29)19(18)20(31)23(25,26)27/h1-3,6-7,9-12H,4-5,8,13H2. The molecule has 0 N–H and O–H groups in total. The zero-order chi connectivity index (χ0) is 21.8. The number of aromatic nitrogens is 3. The van der Waals surface area contributed by atoms with Crippen LogP contribution in [0.15, 0.2) is 54.6 Å². The monoisotopic (exact) mass is 443 g/mol. The molecule has 0 fully saturated rings. The number of carbonyl (C=O) groups excluding carboxylic acids is 1. The summed E-state index contributed by atoms with van der Waals surface area (Å²) in [6.45, 7) is 0.616. The first-order valence-electron chi connectivity index (χ1n) is 9.93. The molecule has 0 spiro atoms. The topological polar surface area (TPSA) is 39.3 Å². The lowest BCUT2D eigenvalue weighted by atomic mass is 9.96. The Kier molecular flexibility index (Phi) is 4.66. The lowest BCUT2D eigenvalue weighted by molar-refractivity contribution is -0.0888. The zero-order valence-corrected chi connectivity index (χ0v) is 17.0. The molecule has 3 heterocycles. The minimum absolute atomic E-state index is 0.289. The third-order valence-electron chi connectivity index (χ3n) is 5.62. The molecule has 4 nitrogen and oxygen atoms in total. The first kappa shape index (κ1) is 19.9. The van der Waals surface area contributed by atoms with E-state index in [1.54, 1.807) is 24.3 Å². The number of alkyl halides is 3. The number of hydrogen-bond donors (Lipinski definition) is 0. The number of rotatable bonds is 3. The summed E-state index contributed by atoms with van der Waals surface area (Å²) in [5.41, 5.74) is 2.41. The molecular formula is C23H17ClF3N3O. The smallest absolute Gasteiger partial charge is 0.309 e. The van der Waals surface area contributed by atoms with Gasteiger partial charge in [0.15, 0.2) is 5.82 Å². The third-order valence-corrected chi connectivity index (χ3v) is 5.87. The summed E-state index contributed by atoms with van der Waals surface area (Å²) in [6.07, 6.45) is -2.79. The summed E-state index contributed by atoms with van der Waals surface area (Å²) in [5, 5.41) is 5.00. The Morgan fingerprint density at radius 3 is 2.35 bits per heavy atom. The van der Waals surface area contributed by atoms with Crippen LogP contribution in [0.1, 0.15) is 28.9 Å². The lowest BCUT2D eigenvalue weighted by Crippen LogP contribution is -2.25. The van der Waals surface area contributed by atoms with Crippen molar-refractivity contribution in [3.8, 4) is 22.5 Å². The van der Waals surface area contributed by atoms with Gasteiger partial charge in [0.05, 0.1) is 0 Å². The highest BCUT2D eigenvalue weighted by atomic mass is 35.5. The van der Waals surface area contributed by atoms with Crippen molar-refractivity contribution in [1.29, 1.82) is 0 Å². The number of nitrogens with zero attached hydrogens (tertiary/aromatic N) is 3. The molecule has 0 saturated heterocycles. The SMILES string of the molecule is O=C(c1c(-c2ccc(Cl)cc2)c2c3n(c(-c4ccccc4)nn13)CCCC2)C(F)(F)F. The summed E-state index contributed by atoms with van der Waals surface area (Å²) in [5.74, 6) is -1.35. The molecule has 0 aliphatic carbocycles. The predicted octanol–water partition coefficient (Wildman–Crippen LogP) is 6.20. The predicted molar refractivity (Wildman–Crippen MR) is 112 cm³/mol. The second kappa shape index (κ2) is 7.27. The lowest BCUT2D eigenvalue weighted by Gasteiger charge is -2.10. The first-order chi connectivity index (χ1) is 14.9. The molecule has 1 aliphatic rings. The molecule has 2 aromatic carbocycles. The van der Waals surface area contributed by atoms with Crippen molar-refractivity contribution in [3.63, 3.8) is 0 Å². The minimum atomic E-state index is -5.02. The van der Waals surface area contributed by atoms with Gasteiger partial charge in [-0.3, -0.25) is 4.79 Å². The van der Waals surface area contributed by atoms with Gasteiger partial charge in [0, 0.05) is 28.3 Å². The van der Waals surface area contributed by atoms with Crippen molar-refractivity contribution in [2.24, 2.45) is 0 Å². The molecule has 0 unspecified atom stereocenters. The summed E-state index contributed by atoms with van der Waals surface area (Å²) in [6, 6.07) is 15.8. The number of halogens is 4. The van der Waals surface area contributed by atoms with Gasteiger partial charge >= 0.3 is 6.18 Å². The minimum Gasteiger partial charge on any atom is -0.309 e. The fourth-order valence-corrected chi connectivity index (χ4v) is 4.44. The number of aryl methyl sites for hydroxylation is 2. The molecule has 4 aromatic rings. The maximum absolute atomic E-state index is 13.6. The Hall–Kier alpha value is -3.06. The van der Waals surface area contributed by atoms with Crippen molar-refractivity contribution in [2.75, 3.05) is 0 Å². The summed E-state index contributed by atoms with van der Waals surface area (Å²) < 4.78 is 44.1. The van der Waals surface area contributed by atoms with E-state index in [0.29, 0.717) is 40.6 Å². The number of Topliss-reactive ketones (excluding diaryl/α,β-unsaturated/α-hetero) is 1.